The fourth-order valence-electron chi connectivity index (χ4n) is 4.38. The lowest BCUT2D eigenvalue weighted by Gasteiger charge is -2.38. The van der Waals surface area contributed by atoms with Gasteiger partial charge in [0.15, 0.2) is 5.78 Å². The van der Waals surface area contributed by atoms with Crippen molar-refractivity contribution < 1.29 is 9.18 Å². The van der Waals surface area contributed by atoms with Gasteiger partial charge in [-0.25, -0.2) is 9.07 Å². The number of halogens is 2. The first-order chi connectivity index (χ1) is 15.3. The number of allylic oxidation sites excluding steroid dienone is 2. The van der Waals surface area contributed by atoms with E-state index in [1.165, 1.54) is 23.9 Å². The highest BCUT2D eigenvalue weighted by atomic mass is 35.5. The van der Waals surface area contributed by atoms with Gasteiger partial charge in [0.25, 0.3) is 0 Å². The van der Waals surface area contributed by atoms with Gasteiger partial charge >= 0.3 is 0 Å². The first-order valence-corrected chi connectivity index (χ1v) is 11.8. The molecule has 1 N–H and O–H groups in total. The zero-order valence-electron chi connectivity index (χ0n) is 17.7. The van der Waals surface area contributed by atoms with E-state index in [9.17, 15) is 9.18 Å². The summed E-state index contributed by atoms with van der Waals surface area (Å²) in [7, 11) is 0. The maximum atomic E-state index is 13.3. The van der Waals surface area contributed by atoms with Crippen molar-refractivity contribution in [3.8, 4) is 0 Å². The van der Waals surface area contributed by atoms with Crippen molar-refractivity contribution in [2.45, 2.75) is 43.6 Å². The van der Waals surface area contributed by atoms with E-state index in [-0.39, 0.29) is 23.1 Å². The third kappa shape index (κ3) is 3.95. The number of fused-ring (bicyclic) bond motifs is 1. The predicted molar refractivity (Wildman–Crippen MR) is 124 cm³/mol. The van der Waals surface area contributed by atoms with Crippen LogP contribution >= 0.6 is 23.4 Å². The summed E-state index contributed by atoms with van der Waals surface area (Å²) < 4.78 is 15.1. The Kier molecular flexibility index (Phi) is 5.34. The molecule has 0 radical (unpaired) electrons. The monoisotopic (exact) mass is 468 g/mol. The quantitative estimate of drug-likeness (QED) is 0.474. The van der Waals surface area contributed by atoms with Gasteiger partial charge in [0.2, 0.25) is 11.1 Å². The maximum Gasteiger partial charge on any atom is 0.227 e. The molecule has 0 unspecified atom stereocenters. The van der Waals surface area contributed by atoms with E-state index in [2.05, 4.69) is 19.2 Å². The number of hydrogen-bond donors (Lipinski definition) is 1. The number of nitrogens with one attached hydrogen (secondary N) is 1. The molecule has 0 spiro atoms. The number of rotatable bonds is 4. The van der Waals surface area contributed by atoms with Crippen LogP contribution in [-0.2, 0) is 10.5 Å². The summed E-state index contributed by atoms with van der Waals surface area (Å²) in [5.74, 6) is 0.915. The van der Waals surface area contributed by atoms with Crippen molar-refractivity contribution in [1.82, 2.24) is 14.8 Å². The molecule has 0 saturated heterocycles. The molecule has 1 aliphatic carbocycles. The number of Topliss-reactive ketones (excluding diaryl/α,β-unsaturated/α-hetero) is 1. The Balaban J connectivity index is 1.51. The van der Waals surface area contributed by atoms with Gasteiger partial charge in [-0.15, -0.1) is 5.10 Å². The van der Waals surface area contributed by atoms with Crippen LogP contribution in [0, 0.1) is 11.2 Å². The van der Waals surface area contributed by atoms with E-state index in [1.54, 1.807) is 10.7 Å². The molecule has 1 atom stereocenters. The maximum absolute atomic E-state index is 13.3. The number of anilines is 1. The molecule has 2 heterocycles. The molecule has 0 saturated carbocycles. The first-order valence-electron chi connectivity index (χ1n) is 10.4. The number of carbonyl (C=O) groups excluding carboxylic acids is 1. The zero-order valence-corrected chi connectivity index (χ0v) is 19.3. The second-order valence-corrected chi connectivity index (χ2v) is 10.3. The molecule has 5 rings (SSSR count). The number of carbonyl (C=O) groups is 1. The first kappa shape index (κ1) is 21.2. The molecular formula is C24H22ClFN4OS. The average Bonchev–Trinajstić information content (AvgIpc) is 3.13. The van der Waals surface area contributed by atoms with Crippen molar-refractivity contribution in [2.24, 2.45) is 5.41 Å². The Hall–Kier alpha value is -2.64. The van der Waals surface area contributed by atoms with E-state index in [4.69, 9.17) is 21.7 Å². The van der Waals surface area contributed by atoms with Gasteiger partial charge in [-0.05, 0) is 35.1 Å². The summed E-state index contributed by atoms with van der Waals surface area (Å²) in [5.41, 5.74) is 3.40. The molecule has 2 aromatic carbocycles. The topological polar surface area (TPSA) is 59.8 Å². The fraction of sp³-hybridized carbons (Fsp3) is 0.292. The lowest BCUT2D eigenvalue weighted by Crippen LogP contribution is -2.36. The number of ketones is 1. The number of thioether (sulfide) groups is 1. The fourth-order valence-corrected chi connectivity index (χ4v) is 5.52. The van der Waals surface area contributed by atoms with Crippen LogP contribution in [0.15, 0.2) is 65.0 Å². The predicted octanol–water partition coefficient (Wildman–Crippen LogP) is 6.02. The molecule has 0 bridgehead atoms. The molecule has 0 fully saturated rings. The molecular weight excluding hydrogens is 447 g/mol. The van der Waals surface area contributed by atoms with E-state index >= 15 is 0 Å². The Morgan fingerprint density at radius 1 is 1.22 bits per heavy atom. The van der Waals surface area contributed by atoms with Gasteiger partial charge in [-0.2, -0.15) is 4.98 Å². The molecule has 1 aliphatic heterocycles. The van der Waals surface area contributed by atoms with Crippen molar-refractivity contribution in [3.05, 3.63) is 81.8 Å². The Morgan fingerprint density at radius 3 is 2.75 bits per heavy atom. The van der Waals surface area contributed by atoms with E-state index in [1.807, 2.05) is 30.3 Å². The third-order valence-corrected chi connectivity index (χ3v) is 7.04. The third-order valence-electron chi connectivity index (χ3n) is 5.80. The van der Waals surface area contributed by atoms with Gasteiger partial charge in [0.05, 0.1) is 0 Å². The molecule has 32 heavy (non-hydrogen) atoms. The van der Waals surface area contributed by atoms with Crippen LogP contribution in [0.25, 0.3) is 0 Å². The standard InChI is InChI=1S/C24H22ClFN4OS/c1-24(2)11-18-20(19(31)12-24)21(14-6-4-3-5-7-14)30-22(27-18)28-23(29-30)32-13-15-8-9-16(26)10-17(15)25/h3-10,21H,11-13H2,1-2H3,(H,27,28,29)/t21-/m1/s1. The van der Waals surface area contributed by atoms with Crippen LogP contribution in [0.2, 0.25) is 5.02 Å². The van der Waals surface area contributed by atoms with Gasteiger partial charge in [-0.3, -0.25) is 4.79 Å². The summed E-state index contributed by atoms with van der Waals surface area (Å²) >= 11 is 7.59. The van der Waals surface area contributed by atoms with Crippen LogP contribution < -0.4 is 5.32 Å². The Labute approximate surface area is 195 Å². The molecule has 2 aliphatic rings. The summed E-state index contributed by atoms with van der Waals surface area (Å²) in [6.45, 7) is 4.22. The lowest BCUT2D eigenvalue weighted by molar-refractivity contribution is -0.118. The minimum atomic E-state index is -0.363. The number of hydrogen-bond acceptors (Lipinski definition) is 5. The van der Waals surface area contributed by atoms with Crippen molar-refractivity contribution >= 4 is 35.1 Å². The minimum Gasteiger partial charge on any atom is -0.328 e. The zero-order chi connectivity index (χ0) is 22.5. The number of benzene rings is 2. The molecule has 1 aromatic heterocycles. The molecule has 8 heteroatoms. The largest absolute Gasteiger partial charge is 0.328 e. The Morgan fingerprint density at radius 2 is 2.00 bits per heavy atom. The average molecular weight is 469 g/mol. The second-order valence-electron chi connectivity index (χ2n) is 8.96. The van der Waals surface area contributed by atoms with Crippen molar-refractivity contribution in [1.29, 1.82) is 0 Å². The number of aromatic nitrogens is 3. The van der Waals surface area contributed by atoms with Crippen LogP contribution in [0.1, 0.15) is 43.9 Å². The molecule has 5 nitrogen and oxygen atoms in total. The highest BCUT2D eigenvalue weighted by Gasteiger charge is 2.41. The summed E-state index contributed by atoms with van der Waals surface area (Å²) in [5, 5.41) is 9.07. The summed E-state index contributed by atoms with van der Waals surface area (Å²) in [4.78, 5) is 17.9. The summed E-state index contributed by atoms with van der Waals surface area (Å²) in [6, 6.07) is 14.0. The highest BCUT2D eigenvalue weighted by molar-refractivity contribution is 7.98. The van der Waals surface area contributed by atoms with E-state index in [0.29, 0.717) is 28.3 Å². The van der Waals surface area contributed by atoms with Crippen LogP contribution in [-0.4, -0.2) is 20.5 Å². The molecule has 164 valence electrons. The molecule has 0 amide bonds. The van der Waals surface area contributed by atoms with E-state index < -0.39 is 0 Å². The Bertz CT molecular complexity index is 1240. The smallest absolute Gasteiger partial charge is 0.227 e. The van der Waals surface area contributed by atoms with Gasteiger partial charge in [0, 0.05) is 28.5 Å². The van der Waals surface area contributed by atoms with Crippen LogP contribution in [0.5, 0.6) is 0 Å². The minimum absolute atomic E-state index is 0.108. The van der Waals surface area contributed by atoms with E-state index in [0.717, 1.165) is 28.8 Å². The lowest BCUT2D eigenvalue weighted by atomic mass is 9.73. The van der Waals surface area contributed by atoms with Gasteiger partial charge in [0.1, 0.15) is 11.9 Å². The molecule has 3 aromatic rings. The van der Waals surface area contributed by atoms with Crippen LogP contribution in [0.4, 0.5) is 10.3 Å². The normalized spacial score (nSPS) is 19.4. The SMILES string of the molecule is CC1(C)CC(=O)C2=C(C1)Nc1nc(SCc3ccc(F)cc3Cl)nn1[C@@H]2c1ccccc1. The van der Waals surface area contributed by atoms with Crippen molar-refractivity contribution in [3.63, 3.8) is 0 Å². The number of nitrogens with zero attached hydrogens (tertiary/aromatic N) is 3. The van der Waals surface area contributed by atoms with Crippen molar-refractivity contribution in [2.75, 3.05) is 5.32 Å². The van der Waals surface area contributed by atoms with Gasteiger partial charge in [-0.1, -0.05) is 73.6 Å². The second kappa shape index (κ2) is 8.05. The highest BCUT2D eigenvalue weighted by Crippen LogP contribution is 2.45. The van der Waals surface area contributed by atoms with Crippen LogP contribution in [0.3, 0.4) is 0 Å². The van der Waals surface area contributed by atoms with Gasteiger partial charge < -0.3 is 5.32 Å². The summed E-state index contributed by atoms with van der Waals surface area (Å²) in [6.07, 6.45) is 1.28.